The van der Waals surface area contributed by atoms with Crippen LogP contribution in [-0.2, 0) is 11.3 Å². The molecule has 0 aliphatic heterocycles. The van der Waals surface area contributed by atoms with Gasteiger partial charge < -0.3 is 16.0 Å². The molecule has 1 unspecified atom stereocenters. The van der Waals surface area contributed by atoms with Crippen LogP contribution >= 0.6 is 0 Å². The molecule has 0 saturated heterocycles. The Morgan fingerprint density at radius 2 is 2.19 bits per heavy atom. The maximum Gasteiger partial charge on any atom is 0.326 e. The second-order valence-corrected chi connectivity index (χ2v) is 5.18. The first-order chi connectivity index (χ1) is 10.2. The molecule has 0 fully saturated rings. The third-order valence-corrected chi connectivity index (χ3v) is 3.54. The Bertz CT molecular complexity index is 659. The fourth-order valence-corrected chi connectivity index (χ4v) is 2.38. The van der Waals surface area contributed by atoms with Gasteiger partial charge in [0.25, 0.3) is 0 Å². The van der Waals surface area contributed by atoms with Gasteiger partial charge in [-0.2, -0.15) is 0 Å². The number of amides is 1. The number of benzene rings is 1. The van der Waals surface area contributed by atoms with Crippen molar-refractivity contribution >= 4 is 16.9 Å². The van der Waals surface area contributed by atoms with Crippen LogP contribution in [0.25, 0.3) is 11.0 Å². The average molecular weight is 290 g/mol. The molecule has 0 spiro atoms. The van der Waals surface area contributed by atoms with Gasteiger partial charge in [0.2, 0.25) is 5.91 Å². The van der Waals surface area contributed by atoms with Gasteiger partial charge in [-0.15, -0.1) is 0 Å². The number of imidazole rings is 1. The molecule has 114 valence electrons. The van der Waals surface area contributed by atoms with Crippen LogP contribution in [0, 0.1) is 0 Å². The monoisotopic (exact) mass is 290 g/mol. The molecule has 0 aliphatic rings. The molecule has 1 atom stereocenters. The zero-order valence-electron chi connectivity index (χ0n) is 12.3. The molecule has 6 nitrogen and oxygen atoms in total. The van der Waals surface area contributed by atoms with Crippen molar-refractivity contribution in [3.05, 3.63) is 34.7 Å². The number of fused-ring (bicyclic) bond motifs is 1. The van der Waals surface area contributed by atoms with E-state index in [9.17, 15) is 9.59 Å². The number of aromatic nitrogens is 2. The zero-order valence-corrected chi connectivity index (χ0v) is 12.3. The summed E-state index contributed by atoms with van der Waals surface area (Å²) in [6, 6.07) is 7.29. The first-order valence-corrected chi connectivity index (χ1v) is 7.32. The minimum absolute atomic E-state index is 0.00543. The number of nitrogens with two attached hydrogens (primary N) is 1. The first kappa shape index (κ1) is 15.3. The van der Waals surface area contributed by atoms with Gasteiger partial charge in [0.15, 0.2) is 0 Å². The second-order valence-electron chi connectivity index (χ2n) is 5.18. The number of hydrogen-bond acceptors (Lipinski definition) is 3. The Labute approximate surface area is 123 Å². The first-order valence-electron chi connectivity index (χ1n) is 7.32. The molecule has 21 heavy (non-hydrogen) atoms. The van der Waals surface area contributed by atoms with E-state index in [1.54, 1.807) is 0 Å². The van der Waals surface area contributed by atoms with Crippen molar-refractivity contribution in [3.8, 4) is 0 Å². The molecular weight excluding hydrogens is 268 g/mol. The number of H-pyrrole nitrogens is 1. The van der Waals surface area contributed by atoms with Crippen molar-refractivity contribution in [3.63, 3.8) is 0 Å². The van der Waals surface area contributed by atoms with Gasteiger partial charge in [0, 0.05) is 12.6 Å². The van der Waals surface area contributed by atoms with Crippen LogP contribution in [0.3, 0.4) is 0 Å². The molecule has 0 bridgehead atoms. The fraction of sp³-hybridized carbons (Fsp3) is 0.467. The van der Waals surface area contributed by atoms with Crippen LogP contribution in [0.15, 0.2) is 29.1 Å². The second kappa shape index (κ2) is 7.08. The molecule has 4 N–H and O–H groups in total. The summed E-state index contributed by atoms with van der Waals surface area (Å²) in [6.45, 7) is 2.51. The number of para-hydroxylation sites is 2. The summed E-state index contributed by atoms with van der Waals surface area (Å²) >= 11 is 0. The lowest BCUT2D eigenvalue weighted by Crippen LogP contribution is -2.42. The molecule has 0 radical (unpaired) electrons. The summed E-state index contributed by atoms with van der Waals surface area (Å²) < 4.78 is 1.44. The van der Waals surface area contributed by atoms with Gasteiger partial charge in [-0.05, 0) is 18.6 Å². The molecule has 0 aliphatic carbocycles. The molecular formula is C15H22N4O2. The Morgan fingerprint density at radius 3 is 2.90 bits per heavy atom. The molecule has 0 saturated carbocycles. The van der Waals surface area contributed by atoms with Crippen molar-refractivity contribution in [2.45, 2.75) is 38.8 Å². The minimum atomic E-state index is -0.274. The van der Waals surface area contributed by atoms with E-state index >= 15 is 0 Å². The zero-order chi connectivity index (χ0) is 15.2. The predicted molar refractivity (Wildman–Crippen MR) is 83.1 cm³/mol. The average Bonchev–Trinajstić information content (AvgIpc) is 2.79. The minimum Gasteiger partial charge on any atom is -0.351 e. The Hall–Kier alpha value is -2.08. The number of hydrogen-bond donors (Lipinski definition) is 3. The number of unbranched alkanes of at least 4 members (excludes halogenated alkanes) is 1. The highest BCUT2D eigenvalue weighted by molar-refractivity contribution is 5.80. The van der Waals surface area contributed by atoms with Gasteiger partial charge >= 0.3 is 5.69 Å². The summed E-state index contributed by atoms with van der Waals surface area (Å²) in [5.41, 5.74) is 6.86. The summed E-state index contributed by atoms with van der Waals surface area (Å²) in [6.07, 6.45) is 2.95. The van der Waals surface area contributed by atoms with Crippen molar-refractivity contribution in [1.82, 2.24) is 14.9 Å². The lowest BCUT2D eigenvalue weighted by atomic mass is 10.1. The summed E-state index contributed by atoms with van der Waals surface area (Å²) in [7, 11) is 0. The number of carbonyl (C=O) groups excluding carboxylic acids is 1. The van der Waals surface area contributed by atoms with Crippen LogP contribution in [0.5, 0.6) is 0 Å². The van der Waals surface area contributed by atoms with E-state index in [4.69, 9.17) is 5.73 Å². The van der Waals surface area contributed by atoms with Crippen molar-refractivity contribution in [1.29, 1.82) is 0 Å². The molecule has 1 aromatic carbocycles. The molecule has 1 amide bonds. The SMILES string of the molecule is CCCCC(CN)NC(=O)Cn1c(=O)[nH]c2ccccc21. The maximum atomic E-state index is 12.1. The highest BCUT2D eigenvalue weighted by Gasteiger charge is 2.13. The number of aromatic amines is 1. The Balaban J connectivity index is 2.07. The maximum absolute atomic E-state index is 12.1. The molecule has 2 aromatic rings. The van der Waals surface area contributed by atoms with Crippen molar-refractivity contribution in [2.24, 2.45) is 5.73 Å². The van der Waals surface area contributed by atoms with Crippen LogP contribution in [0.4, 0.5) is 0 Å². The molecule has 1 aromatic heterocycles. The Kier molecular flexibility index (Phi) is 5.16. The standard InChI is InChI=1S/C15H22N4O2/c1-2-3-6-11(9-16)17-14(20)10-19-13-8-5-4-7-12(13)18-15(19)21/h4-5,7-8,11H,2-3,6,9-10,16H2,1H3,(H,17,20)(H,18,21). The van der Waals surface area contributed by atoms with Gasteiger partial charge in [-0.1, -0.05) is 31.9 Å². The van der Waals surface area contributed by atoms with Crippen LogP contribution in [0.1, 0.15) is 26.2 Å². The van der Waals surface area contributed by atoms with Crippen LogP contribution < -0.4 is 16.7 Å². The highest BCUT2D eigenvalue weighted by atomic mass is 16.2. The Morgan fingerprint density at radius 1 is 1.43 bits per heavy atom. The van der Waals surface area contributed by atoms with E-state index in [1.807, 2.05) is 24.3 Å². The van der Waals surface area contributed by atoms with E-state index in [2.05, 4.69) is 17.2 Å². The third-order valence-electron chi connectivity index (χ3n) is 3.54. The van der Waals surface area contributed by atoms with Crippen molar-refractivity contribution in [2.75, 3.05) is 6.54 Å². The lowest BCUT2D eigenvalue weighted by molar-refractivity contribution is -0.122. The summed E-state index contributed by atoms with van der Waals surface area (Å²) in [4.78, 5) is 26.7. The quantitative estimate of drug-likeness (QED) is 0.709. The normalized spacial score (nSPS) is 12.5. The lowest BCUT2D eigenvalue weighted by Gasteiger charge is -2.16. The summed E-state index contributed by atoms with van der Waals surface area (Å²) in [5, 5.41) is 2.89. The summed E-state index contributed by atoms with van der Waals surface area (Å²) in [5.74, 6) is -0.187. The largest absolute Gasteiger partial charge is 0.351 e. The smallest absolute Gasteiger partial charge is 0.326 e. The number of nitrogens with zero attached hydrogens (tertiary/aromatic N) is 1. The van der Waals surface area contributed by atoms with E-state index < -0.39 is 0 Å². The fourth-order valence-electron chi connectivity index (χ4n) is 2.38. The topological polar surface area (TPSA) is 92.9 Å². The van der Waals surface area contributed by atoms with E-state index in [0.29, 0.717) is 6.54 Å². The number of nitrogens with one attached hydrogen (secondary N) is 2. The predicted octanol–water partition coefficient (Wildman–Crippen LogP) is 0.963. The molecule has 6 heteroatoms. The third kappa shape index (κ3) is 3.72. The van der Waals surface area contributed by atoms with Gasteiger partial charge in [-0.3, -0.25) is 9.36 Å². The van der Waals surface area contributed by atoms with Crippen LogP contribution in [-0.4, -0.2) is 28.0 Å². The van der Waals surface area contributed by atoms with Gasteiger partial charge in [-0.25, -0.2) is 4.79 Å². The number of carbonyl (C=O) groups is 1. The van der Waals surface area contributed by atoms with Crippen LogP contribution in [0.2, 0.25) is 0 Å². The molecule has 2 rings (SSSR count). The van der Waals surface area contributed by atoms with Gasteiger partial charge in [0.1, 0.15) is 6.54 Å². The molecule has 1 heterocycles. The number of rotatable bonds is 7. The van der Waals surface area contributed by atoms with Gasteiger partial charge in [0.05, 0.1) is 11.0 Å². The van der Waals surface area contributed by atoms with E-state index in [-0.39, 0.29) is 24.2 Å². The highest BCUT2D eigenvalue weighted by Crippen LogP contribution is 2.08. The van der Waals surface area contributed by atoms with Crippen molar-refractivity contribution < 1.29 is 4.79 Å². The van der Waals surface area contributed by atoms with E-state index in [1.165, 1.54) is 4.57 Å². The van der Waals surface area contributed by atoms with E-state index in [0.717, 1.165) is 30.3 Å².